The first kappa shape index (κ1) is 16.2. The number of hydrogen-bond donors (Lipinski definition) is 0. The molecule has 1 atom stereocenters. The maximum atomic E-state index is 5.35. The second-order valence-corrected chi connectivity index (χ2v) is 8.22. The van der Waals surface area contributed by atoms with Gasteiger partial charge in [0.2, 0.25) is 0 Å². The average molecular weight is 388 g/mol. The van der Waals surface area contributed by atoms with Crippen LogP contribution in [0.5, 0.6) is 0 Å². The Bertz CT molecular complexity index is 726. The van der Waals surface area contributed by atoms with Crippen LogP contribution in [0.4, 0.5) is 5.69 Å². The fraction of sp³-hybridized carbons (Fsp3) is 0.222. The van der Waals surface area contributed by atoms with E-state index < -0.39 is 0 Å². The Morgan fingerprint density at radius 2 is 1.74 bits per heavy atom. The summed E-state index contributed by atoms with van der Waals surface area (Å²) in [4.78, 5) is 9.23. The molecule has 23 heavy (non-hydrogen) atoms. The van der Waals surface area contributed by atoms with E-state index in [2.05, 4.69) is 65.3 Å². The van der Waals surface area contributed by atoms with E-state index in [1.807, 2.05) is 25.1 Å². The van der Waals surface area contributed by atoms with Gasteiger partial charge in [-0.1, -0.05) is 0 Å². The zero-order valence-corrected chi connectivity index (χ0v) is 16.0. The first-order valence-electron chi connectivity index (χ1n) is 7.44. The van der Waals surface area contributed by atoms with Gasteiger partial charge in [-0.05, 0) is 0 Å². The molecule has 2 aromatic carbocycles. The molecular formula is C18H19N3SSe. The van der Waals surface area contributed by atoms with Crippen molar-refractivity contribution in [1.82, 2.24) is 4.90 Å². The van der Waals surface area contributed by atoms with Crippen LogP contribution in [0.25, 0.3) is 0 Å². The Morgan fingerprint density at radius 1 is 1.09 bits per heavy atom. The van der Waals surface area contributed by atoms with E-state index in [9.17, 15) is 0 Å². The van der Waals surface area contributed by atoms with Crippen molar-refractivity contribution in [3.05, 3.63) is 65.7 Å². The van der Waals surface area contributed by atoms with Crippen molar-refractivity contribution in [2.45, 2.75) is 11.9 Å². The van der Waals surface area contributed by atoms with Crippen LogP contribution in [-0.4, -0.2) is 43.8 Å². The Morgan fingerprint density at radius 3 is 2.35 bits per heavy atom. The predicted molar refractivity (Wildman–Crippen MR) is 102 cm³/mol. The van der Waals surface area contributed by atoms with E-state index in [-0.39, 0.29) is 15.0 Å². The van der Waals surface area contributed by atoms with Crippen molar-refractivity contribution in [2.24, 2.45) is 4.99 Å². The summed E-state index contributed by atoms with van der Waals surface area (Å²) in [5, 5.41) is 0.630. The van der Waals surface area contributed by atoms with E-state index in [1.165, 1.54) is 16.8 Å². The van der Waals surface area contributed by atoms with Crippen LogP contribution < -0.4 is 4.90 Å². The zero-order valence-electron chi connectivity index (χ0n) is 13.4. The third-order valence-corrected chi connectivity index (χ3v) is 6.61. The summed E-state index contributed by atoms with van der Waals surface area (Å²) in [7, 11) is 3.87. The van der Waals surface area contributed by atoms with Crippen LogP contribution in [0.1, 0.15) is 16.1 Å². The predicted octanol–water partition coefficient (Wildman–Crippen LogP) is 3.42. The van der Waals surface area contributed by atoms with Gasteiger partial charge in [-0.2, -0.15) is 0 Å². The normalized spacial score (nSPS) is 18.7. The van der Waals surface area contributed by atoms with Gasteiger partial charge in [-0.3, -0.25) is 0 Å². The van der Waals surface area contributed by atoms with Crippen LogP contribution in [0.15, 0.2) is 59.6 Å². The number of aliphatic imine (C=N–C) groups is 1. The van der Waals surface area contributed by atoms with Gasteiger partial charge in [0, 0.05) is 0 Å². The minimum absolute atomic E-state index is 0.283. The Hall–Kier alpha value is -1.68. The van der Waals surface area contributed by atoms with E-state index in [0.717, 1.165) is 4.73 Å². The molecule has 0 aromatic heterocycles. The maximum absolute atomic E-state index is 5.35. The summed E-state index contributed by atoms with van der Waals surface area (Å²) in [5.74, 6) is 0. The molecule has 1 aliphatic rings. The van der Waals surface area contributed by atoms with Crippen LogP contribution in [0, 0.1) is 6.92 Å². The number of para-hydroxylation sites is 1. The van der Waals surface area contributed by atoms with Gasteiger partial charge in [-0.25, -0.2) is 0 Å². The summed E-state index contributed by atoms with van der Waals surface area (Å²) >= 11 is 5.63. The standard InChI is InChI=1S/C18H19N3SSe/c1-13-9-11-14(12-10-13)16-21(15-7-5-4-6-8-15)18(23-16)19-17(22)20(2)3/h4-12,16H,1-3H3/b19-18+. The number of thiocarbonyl (C=S) groups is 1. The number of benzene rings is 2. The molecule has 0 amide bonds. The molecule has 3 rings (SSSR count). The number of aryl methyl sites for hydroxylation is 1. The second-order valence-electron chi connectivity index (χ2n) is 5.66. The Balaban J connectivity index is 1.93. The van der Waals surface area contributed by atoms with E-state index in [4.69, 9.17) is 12.2 Å². The molecule has 1 heterocycles. The van der Waals surface area contributed by atoms with Crippen LogP contribution in [0.2, 0.25) is 0 Å². The quantitative estimate of drug-likeness (QED) is 0.580. The molecule has 0 radical (unpaired) electrons. The van der Waals surface area contributed by atoms with Crippen molar-refractivity contribution in [2.75, 3.05) is 19.0 Å². The van der Waals surface area contributed by atoms with Gasteiger partial charge < -0.3 is 0 Å². The summed E-state index contributed by atoms with van der Waals surface area (Å²) in [6.45, 7) is 2.12. The molecule has 0 aliphatic carbocycles. The fourth-order valence-electron chi connectivity index (χ4n) is 2.31. The molecule has 0 spiro atoms. The number of amidine groups is 1. The number of rotatable bonds is 2. The molecule has 1 unspecified atom stereocenters. The average Bonchev–Trinajstić information content (AvgIpc) is 2.53. The third-order valence-electron chi connectivity index (χ3n) is 3.63. The number of anilines is 1. The van der Waals surface area contributed by atoms with Gasteiger partial charge in [0.1, 0.15) is 0 Å². The van der Waals surface area contributed by atoms with Gasteiger partial charge in [-0.15, -0.1) is 0 Å². The second kappa shape index (κ2) is 6.83. The van der Waals surface area contributed by atoms with Crippen LogP contribution in [0.3, 0.4) is 0 Å². The molecule has 1 saturated heterocycles. The third kappa shape index (κ3) is 3.47. The fourth-order valence-corrected chi connectivity index (χ4v) is 4.88. The van der Waals surface area contributed by atoms with Crippen molar-refractivity contribution >= 4 is 42.7 Å². The SMILES string of the molecule is Cc1ccc(C2[Se]/C(=N/C(=S)N(C)C)N2c2ccccc2)cc1. The van der Waals surface area contributed by atoms with E-state index >= 15 is 0 Å². The molecule has 0 N–H and O–H groups in total. The van der Waals surface area contributed by atoms with Crippen molar-refractivity contribution in [3.8, 4) is 0 Å². The van der Waals surface area contributed by atoms with E-state index in [1.54, 1.807) is 0 Å². The van der Waals surface area contributed by atoms with Crippen LogP contribution in [-0.2, 0) is 0 Å². The van der Waals surface area contributed by atoms with Gasteiger partial charge in [0.25, 0.3) is 0 Å². The monoisotopic (exact) mass is 389 g/mol. The Labute approximate surface area is 149 Å². The molecule has 0 saturated carbocycles. The van der Waals surface area contributed by atoms with Crippen molar-refractivity contribution in [3.63, 3.8) is 0 Å². The summed E-state index contributed by atoms with van der Waals surface area (Å²) in [5.41, 5.74) is 3.80. The molecule has 2 aromatic rings. The first-order chi connectivity index (χ1) is 11.1. The molecule has 1 aliphatic heterocycles. The molecular weight excluding hydrogens is 369 g/mol. The summed E-state index contributed by atoms with van der Waals surface area (Å²) in [6, 6.07) is 19.2. The summed E-state index contributed by atoms with van der Waals surface area (Å²) < 4.78 is 1.09. The molecule has 0 bridgehead atoms. The molecule has 5 heteroatoms. The van der Waals surface area contributed by atoms with Gasteiger partial charge >= 0.3 is 149 Å². The number of hydrogen-bond acceptors (Lipinski definition) is 1. The van der Waals surface area contributed by atoms with Gasteiger partial charge in [0.15, 0.2) is 0 Å². The molecule has 1 fully saturated rings. The van der Waals surface area contributed by atoms with E-state index in [0.29, 0.717) is 10.1 Å². The minimum atomic E-state index is 0.283. The molecule has 118 valence electrons. The topological polar surface area (TPSA) is 18.8 Å². The Kier molecular flexibility index (Phi) is 4.81. The first-order valence-corrected chi connectivity index (χ1v) is 9.69. The summed E-state index contributed by atoms with van der Waals surface area (Å²) in [6.07, 6.45) is 0. The van der Waals surface area contributed by atoms with Crippen molar-refractivity contribution in [1.29, 1.82) is 0 Å². The molecule has 3 nitrogen and oxygen atoms in total. The number of nitrogens with zero attached hydrogens (tertiary/aromatic N) is 3. The zero-order chi connectivity index (χ0) is 16.4. The van der Waals surface area contributed by atoms with Gasteiger partial charge in [0.05, 0.1) is 0 Å². The van der Waals surface area contributed by atoms with Crippen LogP contribution >= 0.6 is 12.2 Å². The van der Waals surface area contributed by atoms with Crippen molar-refractivity contribution < 1.29 is 0 Å².